The highest BCUT2D eigenvalue weighted by Gasteiger charge is 2.41. The van der Waals surface area contributed by atoms with Gasteiger partial charge in [0, 0.05) is 49.7 Å². The fourth-order valence-electron chi connectivity index (χ4n) is 5.30. The van der Waals surface area contributed by atoms with Crippen molar-refractivity contribution in [2.75, 3.05) is 24.5 Å². The predicted molar refractivity (Wildman–Crippen MR) is 160 cm³/mol. The maximum atomic E-state index is 12.8. The summed E-state index contributed by atoms with van der Waals surface area (Å²) in [6.45, 7) is 7.83. The Morgan fingerprint density at radius 2 is 1.73 bits per heavy atom. The highest BCUT2D eigenvalue weighted by Crippen LogP contribution is 2.29. The third-order valence-electron chi connectivity index (χ3n) is 7.79. The summed E-state index contributed by atoms with van der Waals surface area (Å²) >= 11 is 0. The van der Waals surface area contributed by atoms with E-state index in [0.29, 0.717) is 5.69 Å². The molecule has 1 aromatic heterocycles. The van der Waals surface area contributed by atoms with Crippen LogP contribution in [0.25, 0.3) is 28.1 Å². The molecule has 1 aliphatic heterocycles. The van der Waals surface area contributed by atoms with Gasteiger partial charge in [-0.05, 0) is 65.6 Å². The van der Waals surface area contributed by atoms with Crippen molar-refractivity contribution in [2.24, 2.45) is 13.0 Å². The van der Waals surface area contributed by atoms with Gasteiger partial charge in [0.2, 0.25) is 0 Å². The van der Waals surface area contributed by atoms with Crippen molar-refractivity contribution in [1.29, 1.82) is 5.26 Å². The summed E-state index contributed by atoms with van der Waals surface area (Å²) in [7, 11) is 1.88. The zero-order valence-corrected chi connectivity index (χ0v) is 24.1. The standard InChI is InChI=1S/C32H40N4O5/c1-5-13-36(14-6-2)26-10-9-21-15-23(8-7-22(21)16-26)27-12-11-25(35(27)4)17-24(18-33)31(39)34-19-28-30(38)29(37)20(3)32(40)41-28/h7-12,15-17,20,28-30,32,37-38,40H,5-6,13-14,19H2,1-4H3,(H,34,39)/b24-17+/t20-,28-,29-,30-,32?/m1/s1. The lowest BCUT2D eigenvalue weighted by molar-refractivity contribution is -0.258. The Hall–Kier alpha value is -3.68. The highest BCUT2D eigenvalue weighted by atomic mass is 16.6. The predicted octanol–water partition coefficient (Wildman–Crippen LogP) is 3.57. The number of benzene rings is 2. The maximum absolute atomic E-state index is 12.8. The Morgan fingerprint density at radius 1 is 1.05 bits per heavy atom. The summed E-state index contributed by atoms with van der Waals surface area (Å²) in [4.78, 5) is 15.2. The second-order valence-electron chi connectivity index (χ2n) is 10.7. The molecular weight excluding hydrogens is 520 g/mol. The highest BCUT2D eigenvalue weighted by molar-refractivity contribution is 6.01. The number of rotatable bonds is 10. The lowest BCUT2D eigenvalue weighted by Crippen LogP contribution is -2.56. The molecule has 2 heterocycles. The van der Waals surface area contributed by atoms with Gasteiger partial charge in [-0.2, -0.15) is 5.26 Å². The second kappa shape index (κ2) is 13.3. The number of aliphatic hydroxyl groups excluding tert-OH is 3. The summed E-state index contributed by atoms with van der Waals surface area (Å²) in [5.41, 5.74) is 3.74. The molecule has 0 spiro atoms. The molecule has 1 fully saturated rings. The molecule has 4 rings (SSSR count). The molecule has 1 aliphatic rings. The summed E-state index contributed by atoms with van der Waals surface area (Å²) in [6.07, 6.45) is -1.04. The third kappa shape index (κ3) is 6.63. The van der Waals surface area contributed by atoms with Crippen molar-refractivity contribution in [3.8, 4) is 17.3 Å². The van der Waals surface area contributed by atoms with E-state index in [2.05, 4.69) is 60.5 Å². The number of carbonyl (C=O) groups excluding carboxylic acids is 1. The Balaban J connectivity index is 1.50. The first-order chi connectivity index (χ1) is 19.7. The van der Waals surface area contributed by atoms with Crippen LogP contribution in [0.3, 0.4) is 0 Å². The molecule has 9 nitrogen and oxygen atoms in total. The van der Waals surface area contributed by atoms with Crippen LogP contribution in [0.15, 0.2) is 54.1 Å². The lowest BCUT2D eigenvalue weighted by Gasteiger charge is -2.39. The van der Waals surface area contributed by atoms with Crippen LogP contribution in [-0.2, 0) is 16.6 Å². The number of nitrogens with zero attached hydrogens (tertiary/aromatic N) is 3. The fraction of sp³-hybridized carbons (Fsp3) is 0.438. The first kappa shape index (κ1) is 30.3. The van der Waals surface area contributed by atoms with Crippen molar-refractivity contribution in [1.82, 2.24) is 9.88 Å². The van der Waals surface area contributed by atoms with Crippen LogP contribution >= 0.6 is 0 Å². The number of anilines is 1. The molecule has 0 bridgehead atoms. The van der Waals surface area contributed by atoms with Gasteiger partial charge in [-0.3, -0.25) is 4.79 Å². The molecule has 2 aromatic carbocycles. The van der Waals surface area contributed by atoms with E-state index in [9.17, 15) is 25.4 Å². The average Bonchev–Trinajstić information content (AvgIpc) is 3.34. The van der Waals surface area contributed by atoms with Crippen LogP contribution in [0.1, 0.15) is 39.3 Å². The van der Waals surface area contributed by atoms with Crippen molar-refractivity contribution < 1.29 is 24.9 Å². The molecule has 1 amide bonds. The summed E-state index contributed by atoms with van der Waals surface area (Å²) in [5.74, 6) is -1.31. The molecule has 218 valence electrons. The average molecular weight is 561 g/mol. The van der Waals surface area contributed by atoms with Crippen molar-refractivity contribution in [3.05, 3.63) is 59.8 Å². The molecule has 4 N–H and O–H groups in total. The number of nitriles is 1. The summed E-state index contributed by atoms with van der Waals surface area (Å²) in [6, 6.07) is 18.6. The van der Waals surface area contributed by atoms with Crippen molar-refractivity contribution >= 4 is 28.4 Å². The Labute approximate surface area is 241 Å². The molecule has 1 unspecified atom stereocenters. The number of hydrogen-bond donors (Lipinski definition) is 4. The summed E-state index contributed by atoms with van der Waals surface area (Å²) in [5, 5.41) is 44.8. The largest absolute Gasteiger partial charge is 0.390 e. The fourth-order valence-corrected chi connectivity index (χ4v) is 5.30. The number of amides is 1. The molecule has 5 atom stereocenters. The van der Waals surface area contributed by atoms with E-state index >= 15 is 0 Å². The smallest absolute Gasteiger partial charge is 0.262 e. The monoisotopic (exact) mass is 560 g/mol. The minimum absolute atomic E-state index is 0.118. The van der Waals surface area contributed by atoms with Crippen LogP contribution in [0, 0.1) is 17.2 Å². The van der Waals surface area contributed by atoms with Crippen LogP contribution in [-0.4, -0.2) is 70.0 Å². The van der Waals surface area contributed by atoms with E-state index in [1.54, 1.807) is 6.92 Å². The minimum atomic E-state index is -1.28. The second-order valence-corrected chi connectivity index (χ2v) is 10.7. The molecule has 0 saturated carbocycles. The van der Waals surface area contributed by atoms with Gasteiger partial charge in [-0.1, -0.05) is 39.0 Å². The molecule has 9 heteroatoms. The van der Waals surface area contributed by atoms with Gasteiger partial charge >= 0.3 is 0 Å². The van der Waals surface area contributed by atoms with E-state index in [0.717, 1.165) is 42.6 Å². The van der Waals surface area contributed by atoms with E-state index in [-0.39, 0.29) is 12.1 Å². The number of ether oxygens (including phenoxy) is 1. The Morgan fingerprint density at radius 3 is 2.41 bits per heavy atom. The molecule has 1 saturated heterocycles. The van der Waals surface area contributed by atoms with E-state index < -0.39 is 36.4 Å². The first-order valence-corrected chi connectivity index (χ1v) is 14.2. The van der Waals surface area contributed by atoms with Gasteiger partial charge in [0.05, 0.1) is 6.10 Å². The third-order valence-corrected chi connectivity index (χ3v) is 7.79. The van der Waals surface area contributed by atoms with Crippen LogP contribution in [0.4, 0.5) is 5.69 Å². The van der Waals surface area contributed by atoms with Crippen LogP contribution in [0.5, 0.6) is 0 Å². The Kier molecular flexibility index (Phi) is 9.84. The lowest BCUT2D eigenvalue weighted by atomic mass is 9.92. The first-order valence-electron chi connectivity index (χ1n) is 14.2. The van der Waals surface area contributed by atoms with Crippen LogP contribution < -0.4 is 10.2 Å². The van der Waals surface area contributed by atoms with E-state index in [1.165, 1.54) is 17.1 Å². The summed E-state index contributed by atoms with van der Waals surface area (Å²) < 4.78 is 7.25. The van der Waals surface area contributed by atoms with Gasteiger partial charge in [-0.25, -0.2) is 0 Å². The van der Waals surface area contributed by atoms with Gasteiger partial charge in [0.15, 0.2) is 6.29 Å². The number of aliphatic hydroxyl groups is 3. The van der Waals surface area contributed by atoms with Gasteiger partial charge in [0.25, 0.3) is 5.91 Å². The van der Waals surface area contributed by atoms with Gasteiger partial charge in [-0.15, -0.1) is 0 Å². The van der Waals surface area contributed by atoms with Crippen LogP contribution in [0.2, 0.25) is 0 Å². The number of hydrogen-bond acceptors (Lipinski definition) is 7. The number of carbonyl (C=O) groups is 1. The SMILES string of the molecule is CCCN(CCC)c1ccc2cc(-c3ccc(/C=C(\C#N)C(=O)NC[C@H]4OC(O)[C@H](C)[C@@H](O)[C@@H]4O)n3C)ccc2c1. The molecule has 41 heavy (non-hydrogen) atoms. The van der Waals surface area contributed by atoms with Crippen molar-refractivity contribution in [3.63, 3.8) is 0 Å². The number of fused-ring (bicyclic) bond motifs is 1. The number of aromatic nitrogens is 1. The molecule has 3 aromatic rings. The van der Waals surface area contributed by atoms with Gasteiger partial charge < -0.3 is 34.8 Å². The molecule has 0 radical (unpaired) electrons. The molecule has 0 aliphatic carbocycles. The maximum Gasteiger partial charge on any atom is 0.262 e. The zero-order valence-electron chi connectivity index (χ0n) is 24.1. The quantitative estimate of drug-likeness (QED) is 0.220. The topological polar surface area (TPSA) is 131 Å². The van der Waals surface area contributed by atoms with Gasteiger partial charge in [0.1, 0.15) is 23.9 Å². The Bertz CT molecular complexity index is 1440. The number of nitrogens with one attached hydrogen (secondary N) is 1. The normalized spacial score (nSPS) is 22.9. The zero-order chi connectivity index (χ0) is 29.7. The van der Waals surface area contributed by atoms with Crippen molar-refractivity contribution in [2.45, 2.75) is 58.2 Å². The van der Waals surface area contributed by atoms with E-state index in [4.69, 9.17) is 4.74 Å². The van der Waals surface area contributed by atoms with E-state index in [1.807, 2.05) is 29.8 Å². The minimum Gasteiger partial charge on any atom is -0.390 e. The molecular formula is C32H40N4O5.